The Morgan fingerprint density at radius 1 is 0.970 bits per heavy atom. The van der Waals surface area contributed by atoms with Crippen molar-refractivity contribution >= 4 is 40.9 Å². The van der Waals surface area contributed by atoms with Gasteiger partial charge in [0, 0.05) is 69.1 Å². The maximum absolute atomic E-state index is 13.1. The van der Waals surface area contributed by atoms with Crippen molar-refractivity contribution in [3.63, 3.8) is 0 Å². The fourth-order valence-corrected chi connectivity index (χ4v) is 4.71. The van der Waals surface area contributed by atoms with Gasteiger partial charge in [0.05, 0.1) is 19.1 Å². The first kappa shape index (κ1) is 21.9. The predicted molar refractivity (Wildman–Crippen MR) is 126 cm³/mol. The van der Waals surface area contributed by atoms with Crippen LogP contribution >= 0.6 is 11.6 Å². The first-order chi connectivity index (χ1) is 16.1. The zero-order valence-electron chi connectivity index (χ0n) is 18.4. The number of amides is 2. The number of hydrogen-bond donors (Lipinski definition) is 0. The summed E-state index contributed by atoms with van der Waals surface area (Å²) >= 11 is 5.96. The van der Waals surface area contributed by atoms with Crippen molar-refractivity contribution in [3.8, 4) is 0 Å². The van der Waals surface area contributed by atoms with Crippen LogP contribution in [0.2, 0.25) is 5.02 Å². The van der Waals surface area contributed by atoms with Gasteiger partial charge in [-0.1, -0.05) is 11.6 Å². The molecule has 0 spiro atoms. The van der Waals surface area contributed by atoms with Gasteiger partial charge in [0.25, 0.3) is 0 Å². The van der Waals surface area contributed by atoms with Gasteiger partial charge in [-0.05, 0) is 30.3 Å². The average molecular weight is 471 g/mol. The molecule has 0 bridgehead atoms. The van der Waals surface area contributed by atoms with Crippen LogP contribution in [0.3, 0.4) is 0 Å². The molecule has 174 valence electrons. The minimum Gasteiger partial charge on any atom is -0.378 e. The van der Waals surface area contributed by atoms with Crippen LogP contribution in [0.25, 0.3) is 0 Å². The van der Waals surface area contributed by atoms with Gasteiger partial charge in [-0.2, -0.15) is 4.98 Å². The molecule has 0 aliphatic carbocycles. The highest BCUT2D eigenvalue weighted by atomic mass is 35.5. The van der Waals surface area contributed by atoms with Crippen molar-refractivity contribution < 1.29 is 14.3 Å². The molecule has 10 heteroatoms. The van der Waals surface area contributed by atoms with Crippen molar-refractivity contribution in [2.75, 3.05) is 73.7 Å². The maximum atomic E-state index is 13.1. The van der Waals surface area contributed by atoms with Crippen molar-refractivity contribution in [2.45, 2.75) is 6.42 Å². The standard InChI is InChI=1S/C23H27ClN6O3/c24-18-1-3-19(4-2-18)30-16-17(15-21(30)31)22(32)28-9-7-27(8-10-28)20-5-6-25-23(26-20)29-11-13-33-14-12-29/h1-6,17H,7-16H2. The van der Waals surface area contributed by atoms with E-state index in [0.717, 1.165) is 30.5 Å². The van der Waals surface area contributed by atoms with Gasteiger partial charge in [0.1, 0.15) is 5.82 Å². The quantitative estimate of drug-likeness (QED) is 0.672. The number of piperazine rings is 1. The van der Waals surface area contributed by atoms with E-state index >= 15 is 0 Å². The molecular weight excluding hydrogens is 444 g/mol. The lowest BCUT2D eigenvalue weighted by atomic mass is 10.1. The zero-order valence-corrected chi connectivity index (χ0v) is 19.2. The van der Waals surface area contributed by atoms with Crippen LogP contribution in [0.15, 0.2) is 36.5 Å². The van der Waals surface area contributed by atoms with Gasteiger partial charge in [-0.15, -0.1) is 0 Å². The van der Waals surface area contributed by atoms with Gasteiger partial charge in [-0.3, -0.25) is 9.59 Å². The SMILES string of the molecule is O=C(C1CC(=O)N(c2ccc(Cl)cc2)C1)N1CCN(c2ccnc(N3CCOCC3)n2)CC1. The number of rotatable bonds is 4. The molecule has 0 saturated carbocycles. The largest absolute Gasteiger partial charge is 0.378 e. The summed E-state index contributed by atoms with van der Waals surface area (Å²) in [6.07, 6.45) is 2.04. The summed E-state index contributed by atoms with van der Waals surface area (Å²) in [6, 6.07) is 9.07. The number of ether oxygens (including phenoxy) is 1. The molecule has 2 amide bonds. The Labute approximate surface area is 197 Å². The van der Waals surface area contributed by atoms with Crippen LogP contribution in [0.5, 0.6) is 0 Å². The van der Waals surface area contributed by atoms with Crippen LogP contribution < -0.4 is 14.7 Å². The third-order valence-electron chi connectivity index (χ3n) is 6.45. The van der Waals surface area contributed by atoms with Crippen molar-refractivity contribution in [2.24, 2.45) is 5.92 Å². The predicted octanol–water partition coefficient (Wildman–Crippen LogP) is 1.67. The number of carbonyl (C=O) groups excluding carboxylic acids is 2. The van der Waals surface area contributed by atoms with Crippen LogP contribution in [-0.2, 0) is 14.3 Å². The molecule has 3 aliphatic rings. The first-order valence-electron chi connectivity index (χ1n) is 11.3. The van der Waals surface area contributed by atoms with E-state index in [0.29, 0.717) is 51.0 Å². The lowest BCUT2D eigenvalue weighted by Crippen LogP contribution is -2.51. The van der Waals surface area contributed by atoms with Crippen molar-refractivity contribution in [3.05, 3.63) is 41.6 Å². The highest BCUT2D eigenvalue weighted by Gasteiger charge is 2.38. The highest BCUT2D eigenvalue weighted by Crippen LogP contribution is 2.28. The second-order valence-electron chi connectivity index (χ2n) is 8.51. The monoisotopic (exact) mass is 470 g/mol. The molecule has 9 nitrogen and oxygen atoms in total. The van der Waals surface area contributed by atoms with Gasteiger partial charge in [0.15, 0.2) is 0 Å². The molecule has 1 unspecified atom stereocenters. The molecule has 1 aromatic carbocycles. The fraction of sp³-hybridized carbons (Fsp3) is 0.478. The molecule has 3 saturated heterocycles. The summed E-state index contributed by atoms with van der Waals surface area (Å²) in [5.74, 6) is 1.32. The van der Waals surface area contributed by atoms with Gasteiger partial charge in [0.2, 0.25) is 17.8 Å². The van der Waals surface area contributed by atoms with E-state index in [1.165, 1.54) is 0 Å². The number of nitrogens with zero attached hydrogens (tertiary/aromatic N) is 6. The van der Waals surface area contributed by atoms with Gasteiger partial charge >= 0.3 is 0 Å². The average Bonchev–Trinajstić information content (AvgIpc) is 3.26. The third kappa shape index (κ3) is 4.74. The fourth-order valence-electron chi connectivity index (χ4n) is 4.59. The number of aromatic nitrogens is 2. The second-order valence-corrected chi connectivity index (χ2v) is 8.94. The smallest absolute Gasteiger partial charge is 0.228 e. The summed E-state index contributed by atoms with van der Waals surface area (Å²) in [7, 11) is 0. The van der Waals surface area contributed by atoms with Crippen molar-refractivity contribution in [1.82, 2.24) is 14.9 Å². The summed E-state index contributed by atoms with van der Waals surface area (Å²) in [5, 5.41) is 0.622. The number of hydrogen-bond acceptors (Lipinski definition) is 7. The minimum atomic E-state index is -0.313. The summed E-state index contributed by atoms with van der Waals surface area (Å²) in [4.78, 5) is 42.7. The van der Waals surface area contributed by atoms with E-state index in [-0.39, 0.29) is 24.2 Å². The van der Waals surface area contributed by atoms with E-state index in [2.05, 4.69) is 14.8 Å². The zero-order chi connectivity index (χ0) is 22.8. The molecular formula is C23H27ClN6O3. The van der Waals surface area contributed by atoms with Crippen LogP contribution in [0, 0.1) is 5.92 Å². The molecule has 3 fully saturated rings. The molecule has 0 radical (unpaired) electrons. The summed E-state index contributed by atoms with van der Waals surface area (Å²) in [5.41, 5.74) is 0.782. The van der Waals surface area contributed by atoms with Crippen LogP contribution in [0.4, 0.5) is 17.5 Å². The molecule has 2 aromatic rings. The maximum Gasteiger partial charge on any atom is 0.228 e. The van der Waals surface area contributed by atoms with E-state index in [1.54, 1.807) is 23.2 Å². The Kier molecular flexibility index (Phi) is 6.32. The number of halogens is 1. The normalized spacial score (nSPS) is 21.6. The molecule has 5 rings (SSSR count). The Balaban J connectivity index is 1.18. The van der Waals surface area contributed by atoms with Gasteiger partial charge < -0.3 is 24.3 Å². The molecule has 3 aliphatic heterocycles. The number of anilines is 3. The lowest BCUT2D eigenvalue weighted by molar-refractivity contribution is -0.136. The molecule has 4 heterocycles. The van der Waals surface area contributed by atoms with E-state index < -0.39 is 0 Å². The second kappa shape index (κ2) is 9.52. The highest BCUT2D eigenvalue weighted by molar-refractivity contribution is 6.30. The van der Waals surface area contributed by atoms with E-state index in [9.17, 15) is 9.59 Å². The Hall–Kier alpha value is -2.91. The van der Waals surface area contributed by atoms with E-state index in [1.807, 2.05) is 23.1 Å². The minimum absolute atomic E-state index is 0.0223. The third-order valence-corrected chi connectivity index (χ3v) is 6.70. The number of morpholine rings is 1. The number of carbonyl (C=O) groups is 2. The van der Waals surface area contributed by atoms with Gasteiger partial charge in [-0.25, -0.2) is 4.98 Å². The van der Waals surface area contributed by atoms with E-state index in [4.69, 9.17) is 21.3 Å². The Morgan fingerprint density at radius 3 is 2.42 bits per heavy atom. The first-order valence-corrected chi connectivity index (χ1v) is 11.7. The van der Waals surface area contributed by atoms with Crippen molar-refractivity contribution in [1.29, 1.82) is 0 Å². The molecule has 33 heavy (non-hydrogen) atoms. The summed E-state index contributed by atoms with van der Waals surface area (Å²) in [6.45, 7) is 6.00. The molecule has 1 aromatic heterocycles. The van der Waals surface area contributed by atoms with Crippen LogP contribution in [0.1, 0.15) is 6.42 Å². The van der Waals surface area contributed by atoms with Crippen LogP contribution in [-0.4, -0.2) is 85.7 Å². The molecule has 0 N–H and O–H groups in total. The number of benzene rings is 1. The topological polar surface area (TPSA) is 82.1 Å². The Bertz CT molecular complexity index is 1010. The summed E-state index contributed by atoms with van der Waals surface area (Å²) < 4.78 is 5.41. The molecule has 1 atom stereocenters. The Morgan fingerprint density at radius 2 is 1.70 bits per heavy atom. The lowest BCUT2D eigenvalue weighted by Gasteiger charge is -2.36.